The molecule has 0 radical (unpaired) electrons. The molecule has 0 bridgehead atoms. The molecule has 0 saturated heterocycles. The number of nitrogens with zero attached hydrogens (tertiary/aromatic N) is 1. The first-order valence-electron chi connectivity index (χ1n) is 5.55. The minimum Gasteiger partial charge on any atom is -0.478 e. The number of benzene rings is 1. The highest BCUT2D eigenvalue weighted by Crippen LogP contribution is 2.32. The normalized spacial score (nSPS) is 10.3. The molecule has 1 amide bonds. The first-order chi connectivity index (χ1) is 9.40. The van der Waals surface area contributed by atoms with E-state index in [1.807, 2.05) is 0 Å². The van der Waals surface area contributed by atoms with Crippen LogP contribution in [0.4, 0.5) is 5.69 Å². The van der Waals surface area contributed by atoms with Gasteiger partial charge in [0.15, 0.2) is 0 Å². The Morgan fingerprint density at radius 1 is 1.25 bits per heavy atom. The number of carbonyl (C=O) groups excluding carboxylic acids is 1. The van der Waals surface area contributed by atoms with E-state index in [1.165, 1.54) is 12.1 Å². The van der Waals surface area contributed by atoms with Gasteiger partial charge in [-0.05, 0) is 24.3 Å². The molecular formula is C13H10Cl2N2O3. The standard InChI is InChI=1S/C13H10Cl2N2O3/c1-17-4-2-3-10(17)12(18)16-11-8(14)5-7(13(19)20)6-9(11)15/h2-6H,1H3,(H,16,18)(H,19,20). The van der Waals surface area contributed by atoms with Gasteiger partial charge in [0.25, 0.3) is 5.91 Å². The summed E-state index contributed by atoms with van der Waals surface area (Å²) in [6.45, 7) is 0. The van der Waals surface area contributed by atoms with Gasteiger partial charge in [-0.2, -0.15) is 0 Å². The smallest absolute Gasteiger partial charge is 0.335 e. The Balaban J connectivity index is 2.33. The third-order valence-electron chi connectivity index (χ3n) is 2.70. The fourth-order valence-electron chi connectivity index (χ4n) is 1.69. The molecule has 0 unspecified atom stereocenters. The van der Waals surface area contributed by atoms with Gasteiger partial charge in [-0.25, -0.2) is 4.79 Å². The summed E-state index contributed by atoms with van der Waals surface area (Å²) >= 11 is 11.9. The van der Waals surface area contributed by atoms with Crippen molar-refractivity contribution in [3.05, 3.63) is 51.8 Å². The second kappa shape index (κ2) is 5.56. The molecule has 0 saturated carbocycles. The number of carbonyl (C=O) groups is 2. The summed E-state index contributed by atoms with van der Waals surface area (Å²) in [6.07, 6.45) is 1.73. The Bertz CT molecular complexity index is 672. The molecule has 0 fully saturated rings. The highest BCUT2D eigenvalue weighted by atomic mass is 35.5. The first kappa shape index (κ1) is 14.4. The van der Waals surface area contributed by atoms with E-state index in [-0.39, 0.29) is 27.2 Å². The minimum atomic E-state index is -1.14. The van der Waals surface area contributed by atoms with Crippen molar-refractivity contribution < 1.29 is 14.7 Å². The molecule has 0 spiro atoms. The lowest BCUT2D eigenvalue weighted by Crippen LogP contribution is -2.16. The van der Waals surface area contributed by atoms with Crippen LogP contribution in [0.3, 0.4) is 0 Å². The summed E-state index contributed by atoms with van der Waals surface area (Å²) in [4.78, 5) is 22.9. The van der Waals surface area contributed by atoms with Crippen LogP contribution in [0.25, 0.3) is 0 Å². The number of hydrogen-bond donors (Lipinski definition) is 2. The monoisotopic (exact) mass is 312 g/mol. The molecular weight excluding hydrogens is 303 g/mol. The van der Waals surface area contributed by atoms with Gasteiger partial charge in [-0.15, -0.1) is 0 Å². The number of rotatable bonds is 3. The van der Waals surface area contributed by atoms with Crippen LogP contribution < -0.4 is 5.32 Å². The lowest BCUT2D eigenvalue weighted by atomic mass is 10.2. The Morgan fingerprint density at radius 3 is 2.30 bits per heavy atom. The largest absolute Gasteiger partial charge is 0.478 e. The number of aromatic carboxylic acids is 1. The molecule has 1 aromatic carbocycles. The highest BCUT2D eigenvalue weighted by molar-refractivity contribution is 6.40. The van der Waals surface area contributed by atoms with Gasteiger partial charge in [0.2, 0.25) is 0 Å². The molecule has 1 aromatic heterocycles. The van der Waals surface area contributed by atoms with Gasteiger partial charge in [-0.1, -0.05) is 23.2 Å². The van der Waals surface area contributed by atoms with Crippen LogP contribution in [0.5, 0.6) is 0 Å². The third kappa shape index (κ3) is 2.79. The SMILES string of the molecule is Cn1cccc1C(=O)Nc1c(Cl)cc(C(=O)O)cc1Cl. The Morgan fingerprint density at radius 2 is 1.85 bits per heavy atom. The van der Waals surface area contributed by atoms with Gasteiger partial charge >= 0.3 is 5.97 Å². The summed E-state index contributed by atoms with van der Waals surface area (Å²) in [5, 5.41) is 11.6. The fraction of sp³-hybridized carbons (Fsp3) is 0.0769. The van der Waals surface area contributed by atoms with Gasteiger partial charge in [0.05, 0.1) is 21.3 Å². The van der Waals surface area contributed by atoms with Crippen molar-refractivity contribution in [2.75, 3.05) is 5.32 Å². The third-order valence-corrected chi connectivity index (χ3v) is 3.30. The van der Waals surface area contributed by atoms with E-state index in [1.54, 1.807) is 29.9 Å². The number of carboxylic acids is 1. The van der Waals surface area contributed by atoms with Crippen molar-refractivity contribution >= 4 is 40.8 Å². The Hall–Kier alpha value is -1.98. The number of nitrogens with one attached hydrogen (secondary N) is 1. The predicted molar refractivity (Wildman–Crippen MR) is 76.8 cm³/mol. The summed E-state index contributed by atoms with van der Waals surface area (Å²) in [5.74, 6) is -1.53. The van der Waals surface area contributed by atoms with Crippen LogP contribution in [0.2, 0.25) is 10.0 Å². The van der Waals surface area contributed by atoms with E-state index < -0.39 is 5.97 Å². The van der Waals surface area contributed by atoms with Gasteiger partial charge in [-0.3, -0.25) is 4.79 Å². The lowest BCUT2D eigenvalue weighted by molar-refractivity contribution is 0.0696. The van der Waals surface area contributed by atoms with Crippen molar-refractivity contribution in [1.29, 1.82) is 0 Å². The maximum atomic E-state index is 12.1. The van der Waals surface area contributed by atoms with Crippen LogP contribution in [0.15, 0.2) is 30.5 Å². The van der Waals surface area contributed by atoms with E-state index in [0.717, 1.165) is 0 Å². The summed E-state index contributed by atoms with van der Waals surface area (Å²) in [7, 11) is 1.73. The Kier molecular flexibility index (Phi) is 4.01. The minimum absolute atomic E-state index is 0.0446. The average Bonchev–Trinajstić information content (AvgIpc) is 2.79. The van der Waals surface area contributed by atoms with Crippen molar-refractivity contribution in [2.45, 2.75) is 0 Å². The number of aromatic nitrogens is 1. The van der Waals surface area contributed by atoms with Crippen molar-refractivity contribution in [3.8, 4) is 0 Å². The average molecular weight is 313 g/mol. The fourth-order valence-corrected chi connectivity index (χ4v) is 2.27. The molecule has 2 N–H and O–H groups in total. The zero-order valence-electron chi connectivity index (χ0n) is 10.4. The maximum Gasteiger partial charge on any atom is 0.335 e. The number of carboxylic acid groups (broad SMARTS) is 1. The predicted octanol–water partition coefficient (Wildman–Crippen LogP) is 3.28. The molecule has 7 heteroatoms. The number of halogens is 2. The Labute approximate surface area is 124 Å². The van der Waals surface area contributed by atoms with Crippen LogP contribution >= 0.6 is 23.2 Å². The van der Waals surface area contributed by atoms with Gasteiger partial charge in [0.1, 0.15) is 5.69 Å². The maximum absolute atomic E-state index is 12.1. The van der Waals surface area contributed by atoms with Gasteiger partial charge in [0, 0.05) is 13.2 Å². The molecule has 104 valence electrons. The summed E-state index contributed by atoms with van der Waals surface area (Å²) < 4.78 is 1.64. The van der Waals surface area contributed by atoms with Crippen molar-refractivity contribution in [3.63, 3.8) is 0 Å². The van der Waals surface area contributed by atoms with E-state index >= 15 is 0 Å². The zero-order valence-corrected chi connectivity index (χ0v) is 11.9. The number of amides is 1. The molecule has 2 aromatic rings. The number of hydrogen-bond acceptors (Lipinski definition) is 2. The van der Waals surface area contributed by atoms with Crippen LogP contribution in [-0.4, -0.2) is 21.6 Å². The van der Waals surface area contributed by atoms with Crippen LogP contribution in [0, 0.1) is 0 Å². The molecule has 2 rings (SSSR count). The second-order valence-electron chi connectivity index (χ2n) is 4.08. The molecule has 5 nitrogen and oxygen atoms in total. The zero-order chi connectivity index (χ0) is 14.9. The molecule has 0 aliphatic rings. The second-order valence-corrected chi connectivity index (χ2v) is 4.89. The molecule has 1 heterocycles. The van der Waals surface area contributed by atoms with E-state index in [4.69, 9.17) is 28.3 Å². The molecule has 20 heavy (non-hydrogen) atoms. The van der Waals surface area contributed by atoms with Crippen LogP contribution in [-0.2, 0) is 7.05 Å². The summed E-state index contributed by atoms with van der Waals surface area (Å²) in [6, 6.07) is 5.83. The lowest BCUT2D eigenvalue weighted by Gasteiger charge is -2.10. The topological polar surface area (TPSA) is 71.3 Å². The molecule has 0 aliphatic heterocycles. The van der Waals surface area contributed by atoms with E-state index in [9.17, 15) is 9.59 Å². The number of aryl methyl sites for hydroxylation is 1. The van der Waals surface area contributed by atoms with E-state index in [2.05, 4.69) is 5.32 Å². The van der Waals surface area contributed by atoms with E-state index in [0.29, 0.717) is 5.69 Å². The van der Waals surface area contributed by atoms with Gasteiger partial charge < -0.3 is 15.0 Å². The van der Waals surface area contributed by atoms with Crippen molar-refractivity contribution in [2.24, 2.45) is 7.05 Å². The van der Waals surface area contributed by atoms with Crippen LogP contribution in [0.1, 0.15) is 20.8 Å². The van der Waals surface area contributed by atoms with Crippen molar-refractivity contribution in [1.82, 2.24) is 4.57 Å². The molecule has 0 aliphatic carbocycles. The quantitative estimate of drug-likeness (QED) is 0.913. The summed E-state index contributed by atoms with van der Waals surface area (Å²) in [5.41, 5.74) is 0.570. The highest BCUT2D eigenvalue weighted by Gasteiger charge is 2.16. The number of anilines is 1. The molecule has 0 atom stereocenters. The first-order valence-corrected chi connectivity index (χ1v) is 6.30.